The second-order valence-electron chi connectivity index (χ2n) is 3.40. The van der Waals surface area contributed by atoms with E-state index in [1.54, 1.807) is 18.2 Å². The highest BCUT2D eigenvalue weighted by Gasteiger charge is 2.17. The predicted molar refractivity (Wildman–Crippen MR) is 53.5 cm³/mol. The lowest BCUT2D eigenvalue weighted by molar-refractivity contribution is -0.128. The van der Waals surface area contributed by atoms with Gasteiger partial charge in [-0.1, -0.05) is 19.1 Å². The van der Waals surface area contributed by atoms with Crippen LogP contribution in [0, 0.1) is 0 Å². The maximum absolute atomic E-state index is 11.4. The van der Waals surface area contributed by atoms with Crippen LogP contribution in [0.2, 0.25) is 0 Å². The summed E-state index contributed by atoms with van der Waals surface area (Å²) in [5.74, 6) is 0.462. The van der Waals surface area contributed by atoms with Gasteiger partial charge < -0.3 is 4.84 Å². The SMILES string of the molecule is CCC(=O)c1ccc2c(c1)ONC(=O)C2. The molecule has 1 aromatic rings. The van der Waals surface area contributed by atoms with Gasteiger partial charge in [-0.25, -0.2) is 0 Å². The van der Waals surface area contributed by atoms with Gasteiger partial charge in [-0.2, -0.15) is 5.48 Å². The molecule has 0 fully saturated rings. The highest BCUT2D eigenvalue weighted by atomic mass is 16.7. The summed E-state index contributed by atoms with van der Waals surface area (Å²) < 4.78 is 0. The number of hydrogen-bond acceptors (Lipinski definition) is 3. The van der Waals surface area contributed by atoms with Gasteiger partial charge in [0.2, 0.25) is 0 Å². The van der Waals surface area contributed by atoms with Gasteiger partial charge in [0.15, 0.2) is 11.5 Å². The fourth-order valence-electron chi connectivity index (χ4n) is 1.49. The lowest BCUT2D eigenvalue weighted by Gasteiger charge is -2.17. The lowest BCUT2D eigenvalue weighted by atomic mass is 10.0. The van der Waals surface area contributed by atoms with Crippen LogP contribution in [-0.4, -0.2) is 11.7 Å². The van der Waals surface area contributed by atoms with Crippen LogP contribution in [0.1, 0.15) is 29.3 Å². The quantitative estimate of drug-likeness (QED) is 0.739. The number of ketones is 1. The summed E-state index contributed by atoms with van der Waals surface area (Å²) in [6, 6.07) is 5.16. The fourth-order valence-corrected chi connectivity index (χ4v) is 1.49. The topological polar surface area (TPSA) is 55.4 Å². The van der Waals surface area contributed by atoms with Gasteiger partial charge in [-0.15, -0.1) is 0 Å². The summed E-state index contributed by atoms with van der Waals surface area (Å²) in [4.78, 5) is 27.4. The monoisotopic (exact) mass is 205 g/mol. The molecular weight excluding hydrogens is 194 g/mol. The minimum absolute atomic E-state index is 0.0679. The van der Waals surface area contributed by atoms with Gasteiger partial charge >= 0.3 is 0 Å². The highest BCUT2D eigenvalue weighted by Crippen LogP contribution is 2.23. The number of carbonyl (C=O) groups is 2. The first-order valence-electron chi connectivity index (χ1n) is 4.82. The predicted octanol–water partition coefficient (Wildman–Crippen LogP) is 1.25. The Morgan fingerprint density at radius 3 is 3.07 bits per heavy atom. The third-order valence-corrected chi connectivity index (χ3v) is 2.34. The Labute approximate surface area is 87.2 Å². The molecule has 0 unspecified atom stereocenters. The zero-order chi connectivity index (χ0) is 10.8. The Bertz CT molecular complexity index is 426. The van der Waals surface area contributed by atoms with Crippen molar-refractivity contribution >= 4 is 11.7 Å². The van der Waals surface area contributed by atoms with Crippen molar-refractivity contribution in [1.29, 1.82) is 0 Å². The molecule has 1 aliphatic heterocycles. The zero-order valence-electron chi connectivity index (χ0n) is 8.37. The number of benzene rings is 1. The highest BCUT2D eigenvalue weighted by molar-refractivity contribution is 5.96. The van der Waals surface area contributed by atoms with Crippen LogP contribution in [-0.2, 0) is 11.2 Å². The molecule has 1 amide bonds. The Morgan fingerprint density at radius 1 is 1.53 bits per heavy atom. The molecule has 0 radical (unpaired) electrons. The molecule has 0 spiro atoms. The zero-order valence-corrected chi connectivity index (χ0v) is 8.37. The average Bonchev–Trinajstić information content (AvgIpc) is 2.27. The van der Waals surface area contributed by atoms with Crippen molar-refractivity contribution < 1.29 is 14.4 Å². The summed E-state index contributed by atoms with van der Waals surface area (Å²) in [6.45, 7) is 1.81. The number of rotatable bonds is 2. The maximum atomic E-state index is 11.4. The molecule has 0 bridgehead atoms. The largest absolute Gasteiger partial charge is 0.379 e. The van der Waals surface area contributed by atoms with Crippen molar-refractivity contribution in [3.63, 3.8) is 0 Å². The first-order valence-corrected chi connectivity index (χ1v) is 4.82. The molecule has 0 saturated carbocycles. The van der Waals surface area contributed by atoms with Crippen molar-refractivity contribution in [1.82, 2.24) is 5.48 Å². The minimum Gasteiger partial charge on any atom is -0.379 e. The number of fused-ring (bicyclic) bond motifs is 1. The van der Waals surface area contributed by atoms with Crippen molar-refractivity contribution in [2.24, 2.45) is 0 Å². The molecule has 78 valence electrons. The minimum atomic E-state index is -0.169. The molecule has 4 nitrogen and oxygen atoms in total. The summed E-state index contributed by atoms with van der Waals surface area (Å²) in [5.41, 5.74) is 3.70. The third-order valence-electron chi connectivity index (χ3n) is 2.34. The van der Waals surface area contributed by atoms with E-state index < -0.39 is 0 Å². The van der Waals surface area contributed by atoms with Crippen LogP contribution >= 0.6 is 0 Å². The van der Waals surface area contributed by atoms with Gasteiger partial charge in [0.1, 0.15) is 0 Å². The molecule has 15 heavy (non-hydrogen) atoms. The molecule has 1 heterocycles. The van der Waals surface area contributed by atoms with Crippen molar-refractivity contribution in [2.45, 2.75) is 19.8 Å². The van der Waals surface area contributed by atoms with E-state index >= 15 is 0 Å². The van der Waals surface area contributed by atoms with E-state index in [1.165, 1.54) is 0 Å². The van der Waals surface area contributed by atoms with E-state index in [0.717, 1.165) is 5.56 Å². The van der Waals surface area contributed by atoms with Crippen LogP contribution < -0.4 is 10.3 Å². The Hall–Kier alpha value is -1.84. The van der Waals surface area contributed by atoms with Crippen molar-refractivity contribution in [3.8, 4) is 5.75 Å². The summed E-state index contributed by atoms with van der Waals surface area (Å²) in [7, 11) is 0. The first-order chi connectivity index (χ1) is 7.20. The second kappa shape index (κ2) is 3.73. The molecule has 1 aliphatic rings. The van der Waals surface area contributed by atoms with E-state index in [2.05, 4.69) is 5.48 Å². The Balaban J connectivity index is 2.34. The van der Waals surface area contributed by atoms with Gasteiger partial charge in [-0.3, -0.25) is 9.59 Å². The van der Waals surface area contributed by atoms with E-state index in [4.69, 9.17) is 4.84 Å². The molecule has 0 atom stereocenters. The number of carbonyl (C=O) groups excluding carboxylic acids is 2. The van der Waals surface area contributed by atoms with Gasteiger partial charge in [0, 0.05) is 17.5 Å². The van der Waals surface area contributed by atoms with Crippen LogP contribution in [0.5, 0.6) is 5.75 Å². The summed E-state index contributed by atoms with van der Waals surface area (Å²) >= 11 is 0. The number of hydroxylamine groups is 1. The van der Waals surface area contributed by atoms with Crippen LogP contribution in [0.4, 0.5) is 0 Å². The first kappa shape index (κ1) is 9.71. The van der Waals surface area contributed by atoms with Crippen LogP contribution in [0.25, 0.3) is 0 Å². The van der Waals surface area contributed by atoms with E-state index in [9.17, 15) is 9.59 Å². The van der Waals surface area contributed by atoms with Crippen molar-refractivity contribution in [3.05, 3.63) is 29.3 Å². The maximum Gasteiger partial charge on any atom is 0.257 e. The third kappa shape index (κ3) is 1.83. The van der Waals surface area contributed by atoms with Gasteiger partial charge in [0.25, 0.3) is 5.91 Å². The fraction of sp³-hybridized carbons (Fsp3) is 0.273. The Morgan fingerprint density at radius 2 is 2.33 bits per heavy atom. The lowest BCUT2D eigenvalue weighted by Crippen LogP contribution is -2.33. The molecule has 0 aliphatic carbocycles. The van der Waals surface area contributed by atoms with Crippen molar-refractivity contribution in [2.75, 3.05) is 0 Å². The van der Waals surface area contributed by atoms with E-state index in [1.807, 2.05) is 6.92 Å². The number of nitrogens with one attached hydrogen (secondary N) is 1. The van der Waals surface area contributed by atoms with E-state index in [-0.39, 0.29) is 11.7 Å². The Kier molecular flexibility index (Phi) is 2.41. The smallest absolute Gasteiger partial charge is 0.257 e. The number of Topliss-reactive ketones (excluding diaryl/α,β-unsaturated/α-hetero) is 1. The van der Waals surface area contributed by atoms with Crippen LogP contribution in [0.3, 0.4) is 0 Å². The standard InChI is InChI=1S/C11H11NO3/c1-2-9(13)7-3-4-8-6-11(14)12-15-10(8)5-7/h3-5H,2,6H2,1H3,(H,12,14). The van der Waals surface area contributed by atoms with Gasteiger partial charge in [-0.05, 0) is 6.07 Å². The molecule has 0 aromatic heterocycles. The molecule has 1 N–H and O–H groups in total. The molecule has 1 aromatic carbocycles. The second-order valence-corrected chi connectivity index (χ2v) is 3.40. The summed E-state index contributed by atoms with van der Waals surface area (Å²) in [6.07, 6.45) is 0.765. The summed E-state index contributed by atoms with van der Waals surface area (Å²) in [5, 5.41) is 0. The normalized spacial score (nSPS) is 13.8. The molecule has 0 saturated heterocycles. The van der Waals surface area contributed by atoms with Gasteiger partial charge in [0.05, 0.1) is 6.42 Å². The molecular formula is C11H11NO3. The number of amides is 1. The molecule has 2 rings (SSSR count). The van der Waals surface area contributed by atoms with E-state index in [0.29, 0.717) is 24.2 Å². The van der Waals surface area contributed by atoms with Crippen LogP contribution in [0.15, 0.2) is 18.2 Å². The number of hydrogen-bond donors (Lipinski definition) is 1. The average molecular weight is 205 g/mol. The molecule has 4 heteroatoms.